The van der Waals surface area contributed by atoms with E-state index in [1.165, 1.54) is 0 Å². The number of urea groups is 1. The van der Waals surface area contributed by atoms with Gasteiger partial charge in [0.25, 0.3) is 11.8 Å². The van der Waals surface area contributed by atoms with Crippen LogP contribution in [0.2, 0.25) is 5.02 Å². The van der Waals surface area contributed by atoms with E-state index in [-0.39, 0.29) is 25.0 Å². The molecule has 4 amide bonds. The molecular formula is C17H24ClN4O3+. The van der Waals surface area contributed by atoms with E-state index in [0.29, 0.717) is 17.3 Å². The SMILES string of the molecule is CC[NH+](CC(=O)NC(=O)NC1CC1)CC(=O)Nc1cc(Cl)ccc1C. The number of carbonyl (C=O) groups excluding carboxylic acids is 3. The lowest BCUT2D eigenvalue weighted by Crippen LogP contribution is -3.14. The van der Waals surface area contributed by atoms with Gasteiger partial charge in [-0.3, -0.25) is 14.9 Å². The van der Waals surface area contributed by atoms with Gasteiger partial charge in [0.15, 0.2) is 13.1 Å². The Morgan fingerprint density at radius 2 is 1.88 bits per heavy atom. The van der Waals surface area contributed by atoms with Crippen molar-refractivity contribution < 1.29 is 19.3 Å². The van der Waals surface area contributed by atoms with Gasteiger partial charge in [-0.15, -0.1) is 0 Å². The Morgan fingerprint density at radius 1 is 1.20 bits per heavy atom. The Balaban J connectivity index is 1.81. The molecule has 2 rings (SSSR count). The number of halogens is 1. The van der Waals surface area contributed by atoms with Gasteiger partial charge in [0, 0.05) is 16.8 Å². The van der Waals surface area contributed by atoms with Gasteiger partial charge in [-0.2, -0.15) is 0 Å². The molecule has 136 valence electrons. The Hall–Kier alpha value is -2.12. The molecule has 0 heterocycles. The molecule has 1 aromatic rings. The largest absolute Gasteiger partial charge is 0.335 e. The molecule has 1 atom stereocenters. The lowest BCUT2D eigenvalue weighted by atomic mass is 10.2. The Morgan fingerprint density at radius 3 is 2.52 bits per heavy atom. The normalized spacial score (nSPS) is 14.5. The predicted octanol–water partition coefficient (Wildman–Crippen LogP) is 0.480. The van der Waals surface area contributed by atoms with Crippen molar-refractivity contribution in [2.24, 2.45) is 0 Å². The summed E-state index contributed by atoms with van der Waals surface area (Å²) < 4.78 is 0. The van der Waals surface area contributed by atoms with Gasteiger partial charge in [0.2, 0.25) is 0 Å². The molecule has 0 aromatic heterocycles. The summed E-state index contributed by atoms with van der Waals surface area (Å²) in [4.78, 5) is 36.5. The number of benzene rings is 1. The van der Waals surface area contributed by atoms with Crippen LogP contribution < -0.4 is 20.9 Å². The molecule has 1 saturated carbocycles. The first kappa shape index (κ1) is 19.2. The number of hydrogen-bond acceptors (Lipinski definition) is 3. The summed E-state index contributed by atoms with van der Waals surface area (Å²) in [6, 6.07) is 4.99. The van der Waals surface area contributed by atoms with Gasteiger partial charge in [0.05, 0.1) is 6.54 Å². The van der Waals surface area contributed by atoms with Crippen LogP contribution in [0.5, 0.6) is 0 Å². The van der Waals surface area contributed by atoms with Crippen molar-refractivity contribution in [1.82, 2.24) is 10.6 Å². The summed E-state index contributed by atoms with van der Waals surface area (Å²) in [5, 5.41) is 8.34. The fourth-order valence-corrected chi connectivity index (χ4v) is 2.48. The third kappa shape index (κ3) is 6.72. The summed E-state index contributed by atoms with van der Waals surface area (Å²) in [6.07, 6.45) is 1.91. The molecule has 1 unspecified atom stereocenters. The Labute approximate surface area is 152 Å². The Bertz CT molecular complexity index is 661. The average Bonchev–Trinajstić information content (AvgIpc) is 3.33. The van der Waals surface area contributed by atoms with Crippen LogP contribution in [0.1, 0.15) is 25.3 Å². The molecule has 0 aliphatic heterocycles. The van der Waals surface area contributed by atoms with E-state index in [1.807, 2.05) is 19.9 Å². The van der Waals surface area contributed by atoms with Crippen LogP contribution in [-0.4, -0.2) is 43.5 Å². The first-order chi connectivity index (χ1) is 11.9. The molecule has 0 saturated heterocycles. The second-order valence-electron chi connectivity index (χ2n) is 6.26. The van der Waals surface area contributed by atoms with Crippen molar-refractivity contribution in [3.63, 3.8) is 0 Å². The molecule has 7 nitrogen and oxygen atoms in total. The second kappa shape index (κ2) is 8.82. The van der Waals surface area contributed by atoms with Gasteiger partial charge < -0.3 is 15.5 Å². The molecule has 0 bridgehead atoms. The summed E-state index contributed by atoms with van der Waals surface area (Å²) in [5.41, 5.74) is 1.56. The van der Waals surface area contributed by atoms with E-state index < -0.39 is 11.9 Å². The number of aryl methyl sites for hydroxylation is 1. The number of quaternary nitrogens is 1. The van der Waals surface area contributed by atoms with Crippen molar-refractivity contribution in [1.29, 1.82) is 0 Å². The molecule has 8 heteroatoms. The summed E-state index contributed by atoms with van der Waals surface area (Å²) in [6.45, 7) is 4.52. The van der Waals surface area contributed by atoms with Gasteiger partial charge in [-0.25, -0.2) is 4.79 Å². The van der Waals surface area contributed by atoms with Gasteiger partial charge in [0.1, 0.15) is 0 Å². The molecule has 1 aliphatic carbocycles. The highest BCUT2D eigenvalue weighted by Crippen LogP contribution is 2.19. The number of nitrogens with one attached hydrogen (secondary N) is 4. The topological polar surface area (TPSA) is 91.7 Å². The number of amides is 4. The third-order valence-corrected chi connectivity index (χ3v) is 4.20. The van der Waals surface area contributed by atoms with E-state index in [4.69, 9.17) is 11.6 Å². The monoisotopic (exact) mass is 367 g/mol. The van der Waals surface area contributed by atoms with Crippen LogP contribution in [0, 0.1) is 6.92 Å². The number of likely N-dealkylation sites (N-methyl/N-ethyl adjacent to an activating group) is 1. The number of rotatable bonds is 7. The first-order valence-electron chi connectivity index (χ1n) is 8.37. The zero-order valence-corrected chi connectivity index (χ0v) is 15.2. The Kier molecular flexibility index (Phi) is 6.78. The van der Waals surface area contributed by atoms with E-state index in [1.54, 1.807) is 12.1 Å². The highest BCUT2D eigenvalue weighted by molar-refractivity contribution is 6.31. The maximum Gasteiger partial charge on any atom is 0.321 e. The lowest BCUT2D eigenvalue weighted by molar-refractivity contribution is -0.881. The van der Waals surface area contributed by atoms with Crippen molar-refractivity contribution in [2.45, 2.75) is 32.7 Å². The summed E-state index contributed by atoms with van der Waals surface area (Å²) in [7, 11) is 0. The fraction of sp³-hybridized carbons (Fsp3) is 0.471. The van der Waals surface area contributed by atoms with Crippen molar-refractivity contribution in [3.05, 3.63) is 28.8 Å². The second-order valence-corrected chi connectivity index (χ2v) is 6.70. The summed E-state index contributed by atoms with van der Waals surface area (Å²) in [5.74, 6) is -0.612. The van der Waals surface area contributed by atoms with Crippen molar-refractivity contribution >= 4 is 35.1 Å². The highest BCUT2D eigenvalue weighted by Gasteiger charge is 2.25. The highest BCUT2D eigenvalue weighted by atomic mass is 35.5. The minimum Gasteiger partial charge on any atom is -0.335 e. The first-order valence-corrected chi connectivity index (χ1v) is 8.75. The lowest BCUT2D eigenvalue weighted by Gasteiger charge is -2.17. The van der Waals surface area contributed by atoms with Crippen LogP contribution in [0.15, 0.2) is 18.2 Å². The minimum absolute atomic E-state index is 0.0521. The number of imide groups is 1. The fourth-order valence-electron chi connectivity index (χ4n) is 2.31. The maximum atomic E-state index is 12.2. The molecule has 0 radical (unpaired) electrons. The smallest absolute Gasteiger partial charge is 0.321 e. The minimum atomic E-state index is -0.470. The molecule has 1 fully saturated rings. The van der Waals surface area contributed by atoms with E-state index in [2.05, 4.69) is 16.0 Å². The molecule has 25 heavy (non-hydrogen) atoms. The number of anilines is 1. The molecular weight excluding hydrogens is 344 g/mol. The average molecular weight is 368 g/mol. The molecule has 4 N–H and O–H groups in total. The van der Waals surface area contributed by atoms with Crippen molar-refractivity contribution in [2.75, 3.05) is 25.0 Å². The molecule has 1 aromatic carbocycles. The zero-order valence-electron chi connectivity index (χ0n) is 14.4. The molecule has 1 aliphatic rings. The van der Waals surface area contributed by atoms with Crippen molar-refractivity contribution in [3.8, 4) is 0 Å². The molecule has 0 spiro atoms. The summed E-state index contributed by atoms with van der Waals surface area (Å²) >= 11 is 5.94. The van der Waals surface area contributed by atoms with Crippen LogP contribution >= 0.6 is 11.6 Å². The predicted molar refractivity (Wildman–Crippen MR) is 95.8 cm³/mol. The van der Waals surface area contributed by atoms with E-state index in [9.17, 15) is 14.4 Å². The third-order valence-electron chi connectivity index (χ3n) is 3.96. The van der Waals surface area contributed by atoms with Crippen LogP contribution in [0.4, 0.5) is 10.5 Å². The standard InChI is InChI=1S/C17H23ClN4O3/c1-3-22(10-16(24)21-17(25)19-13-6-7-13)9-15(23)20-14-8-12(18)5-4-11(14)2/h4-5,8,13H,3,6-7,9-10H2,1-2H3,(H,20,23)(H2,19,21,24,25)/p+1. The number of hydrogen-bond donors (Lipinski definition) is 4. The quantitative estimate of drug-likeness (QED) is 0.565. The van der Waals surface area contributed by atoms with E-state index in [0.717, 1.165) is 23.3 Å². The van der Waals surface area contributed by atoms with Gasteiger partial charge in [-0.1, -0.05) is 17.7 Å². The van der Waals surface area contributed by atoms with Crippen LogP contribution in [0.25, 0.3) is 0 Å². The van der Waals surface area contributed by atoms with Gasteiger partial charge in [-0.05, 0) is 44.4 Å². The van der Waals surface area contributed by atoms with Crippen LogP contribution in [0.3, 0.4) is 0 Å². The van der Waals surface area contributed by atoms with E-state index >= 15 is 0 Å². The van der Waals surface area contributed by atoms with Gasteiger partial charge >= 0.3 is 6.03 Å². The van der Waals surface area contributed by atoms with Crippen LogP contribution in [-0.2, 0) is 9.59 Å². The zero-order chi connectivity index (χ0) is 18.4. The number of carbonyl (C=O) groups is 3. The maximum absolute atomic E-state index is 12.2.